The van der Waals surface area contributed by atoms with E-state index in [0.717, 1.165) is 6.07 Å². The molecule has 0 radical (unpaired) electrons. The molecule has 0 saturated carbocycles. The number of alkyl halides is 3. The second-order valence-electron chi connectivity index (χ2n) is 4.99. The van der Waals surface area contributed by atoms with Crippen LogP contribution in [0.1, 0.15) is 11.4 Å². The maximum atomic E-state index is 12.5. The number of halogens is 3. The largest absolute Gasteiger partial charge is 0.497 e. The van der Waals surface area contributed by atoms with Crippen molar-refractivity contribution in [1.29, 1.82) is 0 Å². The van der Waals surface area contributed by atoms with Gasteiger partial charge in [0.25, 0.3) is 5.89 Å². The van der Waals surface area contributed by atoms with Crippen molar-refractivity contribution in [3.8, 4) is 17.2 Å². The lowest BCUT2D eigenvalue weighted by molar-refractivity contribution is -0.137. The fourth-order valence-corrected chi connectivity index (χ4v) is 1.92. The highest BCUT2D eigenvalue weighted by atomic mass is 19.4. The molecule has 1 aromatic carbocycles. The summed E-state index contributed by atoms with van der Waals surface area (Å²) in [5.74, 6) is 1.33. The molecular formula is C16H12F3N5O2. The Morgan fingerprint density at radius 1 is 1.15 bits per heavy atom. The Hall–Kier alpha value is -3.43. The van der Waals surface area contributed by atoms with E-state index in [1.54, 1.807) is 31.4 Å². The lowest BCUT2D eigenvalue weighted by Crippen LogP contribution is -2.05. The molecule has 3 rings (SSSR count). The summed E-state index contributed by atoms with van der Waals surface area (Å²) < 4.78 is 47.5. The number of benzene rings is 1. The van der Waals surface area contributed by atoms with Gasteiger partial charge in [-0.05, 0) is 36.4 Å². The van der Waals surface area contributed by atoms with Gasteiger partial charge in [0.15, 0.2) is 0 Å². The summed E-state index contributed by atoms with van der Waals surface area (Å²) in [6.07, 6.45) is -2.46. The van der Waals surface area contributed by atoms with E-state index >= 15 is 0 Å². The number of aromatic nitrogens is 3. The molecule has 7 nitrogen and oxygen atoms in total. The molecule has 0 bridgehead atoms. The SMILES string of the molecule is COc1ccc(-c2nc(/C=N\Nc3ccc(C(F)(F)F)cn3)no2)cc1. The van der Waals surface area contributed by atoms with Crippen molar-refractivity contribution >= 4 is 12.0 Å². The smallest absolute Gasteiger partial charge is 0.417 e. The quantitative estimate of drug-likeness (QED) is 0.551. The van der Waals surface area contributed by atoms with Crippen LogP contribution < -0.4 is 10.2 Å². The standard InChI is InChI=1S/C16H12F3N5O2/c1-25-12-5-2-10(3-6-12)15-22-14(24-26-15)9-21-23-13-7-4-11(8-20-13)16(17,18)19/h2-9H,1H3,(H,20,23)/b21-9-. The molecular weight excluding hydrogens is 351 g/mol. The zero-order valence-electron chi connectivity index (χ0n) is 13.4. The number of methoxy groups -OCH3 is 1. The zero-order chi connectivity index (χ0) is 18.6. The molecule has 0 fully saturated rings. The van der Waals surface area contributed by atoms with Crippen molar-refractivity contribution in [1.82, 2.24) is 15.1 Å². The summed E-state index contributed by atoms with van der Waals surface area (Å²) in [4.78, 5) is 7.76. The predicted octanol–water partition coefficient (Wildman–Crippen LogP) is 3.61. The van der Waals surface area contributed by atoms with Gasteiger partial charge in [-0.25, -0.2) is 4.98 Å². The van der Waals surface area contributed by atoms with Gasteiger partial charge in [0.1, 0.15) is 11.6 Å². The zero-order valence-corrected chi connectivity index (χ0v) is 13.4. The van der Waals surface area contributed by atoms with Gasteiger partial charge in [0.2, 0.25) is 5.82 Å². The number of nitrogens with zero attached hydrogens (tertiary/aromatic N) is 4. The first-order valence-electron chi connectivity index (χ1n) is 7.26. The highest BCUT2D eigenvalue weighted by Gasteiger charge is 2.30. The number of pyridine rings is 1. The fourth-order valence-electron chi connectivity index (χ4n) is 1.92. The molecule has 3 aromatic rings. The summed E-state index contributed by atoms with van der Waals surface area (Å²) in [7, 11) is 1.56. The van der Waals surface area contributed by atoms with E-state index < -0.39 is 11.7 Å². The van der Waals surface area contributed by atoms with Crippen molar-refractivity contribution < 1.29 is 22.4 Å². The molecule has 2 heterocycles. The minimum atomic E-state index is -4.43. The van der Waals surface area contributed by atoms with E-state index in [1.807, 2.05) is 0 Å². The van der Waals surface area contributed by atoms with E-state index in [0.29, 0.717) is 23.4 Å². The number of rotatable bonds is 5. The summed E-state index contributed by atoms with van der Waals surface area (Å²) in [6.45, 7) is 0. The van der Waals surface area contributed by atoms with Crippen LogP contribution in [0.2, 0.25) is 0 Å². The monoisotopic (exact) mass is 363 g/mol. The highest BCUT2D eigenvalue weighted by Crippen LogP contribution is 2.28. The van der Waals surface area contributed by atoms with Gasteiger partial charge in [-0.2, -0.15) is 23.3 Å². The average molecular weight is 363 g/mol. The molecule has 1 N–H and O–H groups in total. The van der Waals surface area contributed by atoms with Crippen LogP contribution in [0.4, 0.5) is 19.0 Å². The Morgan fingerprint density at radius 2 is 1.92 bits per heavy atom. The van der Waals surface area contributed by atoms with Gasteiger partial charge in [-0.15, -0.1) is 0 Å². The van der Waals surface area contributed by atoms with E-state index in [-0.39, 0.29) is 11.6 Å². The van der Waals surface area contributed by atoms with Gasteiger partial charge in [-0.1, -0.05) is 5.16 Å². The lowest BCUT2D eigenvalue weighted by Gasteiger charge is -2.05. The van der Waals surface area contributed by atoms with E-state index in [1.165, 1.54) is 12.3 Å². The maximum absolute atomic E-state index is 12.5. The van der Waals surface area contributed by atoms with E-state index in [9.17, 15) is 13.2 Å². The van der Waals surface area contributed by atoms with Crippen molar-refractivity contribution in [3.63, 3.8) is 0 Å². The third-order valence-corrected chi connectivity index (χ3v) is 3.23. The Morgan fingerprint density at radius 3 is 2.54 bits per heavy atom. The number of hydrazone groups is 1. The topological polar surface area (TPSA) is 85.4 Å². The maximum Gasteiger partial charge on any atom is 0.417 e. The first-order chi connectivity index (χ1) is 12.5. The van der Waals surface area contributed by atoms with Crippen LogP contribution in [-0.2, 0) is 6.18 Å². The molecule has 0 unspecified atom stereocenters. The van der Waals surface area contributed by atoms with Crippen LogP contribution in [0.25, 0.3) is 11.5 Å². The number of ether oxygens (including phenoxy) is 1. The summed E-state index contributed by atoms with van der Waals surface area (Å²) in [6, 6.07) is 9.10. The summed E-state index contributed by atoms with van der Waals surface area (Å²) in [5.41, 5.74) is 2.35. The Bertz CT molecular complexity index is 889. The molecule has 0 spiro atoms. The third-order valence-electron chi connectivity index (χ3n) is 3.23. The third kappa shape index (κ3) is 4.15. The number of hydrogen-bond acceptors (Lipinski definition) is 7. The molecule has 26 heavy (non-hydrogen) atoms. The summed E-state index contributed by atoms with van der Waals surface area (Å²) in [5, 5.41) is 7.55. The second kappa shape index (κ2) is 7.21. The lowest BCUT2D eigenvalue weighted by atomic mass is 10.2. The minimum Gasteiger partial charge on any atom is -0.497 e. The normalized spacial score (nSPS) is 11.7. The Kier molecular flexibility index (Phi) is 4.83. The number of hydrogen-bond donors (Lipinski definition) is 1. The molecule has 0 aliphatic rings. The first kappa shape index (κ1) is 17.4. The Labute approximate surface area is 145 Å². The summed E-state index contributed by atoms with van der Waals surface area (Å²) >= 11 is 0. The van der Waals surface area contributed by atoms with Gasteiger partial charge in [-0.3, -0.25) is 5.43 Å². The van der Waals surface area contributed by atoms with Crippen LogP contribution >= 0.6 is 0 Å². The van der Waals surface area contributed by atoms with Crippen molar-refractivity contribution in [2.45, 2.75) is 6.18 Å². The van der Waals surface area contributed by atoms with Gasteiger partial charge in [0.05, 0.1) is 18.9 Å². The predicted molar refractivity (Wildman–Crippen MR) is 86.7 cm³/mol. The molecule has 134 valence electrons. The molecule has 0 aliphatic heterocycles. The van der Waals surface area contributed by atoms with Gasteiger partial charge in [0, 0.05) is 11.8 Å². The van der Waals surface area contributed by atoms with Crippen molar-refractivity contribution in [2.75, 3.05) is 12.5 Å². The number of anilines is 1. The van der Waals surface area contributed by atoms with Crippen LogP contribution in [-0.4, -0.2) is 28.4 Å². The van der Waals surface area contributed by atoms with Crippen molar-refractivity contribution in [3.05, 3.63) is 54.0 Å². The van der Waals surface area contributed by atoms with E-state index in [4.69, 9.17) is 9.26 Å². The van der Waals surface area contributed by atoms with Gasteiger partial charge >= 0.3 is 6.18 Å². The first-order valence-corrected chi connectivity index (χ1v) is 7.26. The molecule has 10 heteroatoms. The molecule has 0 saturated heterocycles. The molecule has 0 amide bonds. The minimum absolute atomic E-state index is 0.146. The van der Waals surface area contributed by atoms with Crippen molar-refractivity contribution in [2.24, 2.45) is 5.10 Å². The average Bonchev–Trinajstić information content (AvgIpc) is 3.10. The molecule has 0 aliphatic carbocycles. The second-order valence-corrected chi connectivity index (χ2v) is 4.99. The number of nitrogens with one attached hydrogen (secondary N) is 1. The fraction of sp³-hybridized carbons (Fsp3) is 0.125. The highest BCUT2D eigenvalue weighted by molar-refractivity contribution is 5.75. The van der Waals surface area contributed by atoms with Crippen LogP contribution in [0.5, 0.6) is 5.75 Å². The van der Waals surface area contributed by atoms with Crippen LogP contribution in [0, 0.1) is 0 Å². The van der Waals surface area contributed by atoms with E-state index in [2.05, 4.69) is 25.7 Å². The molecule has 0 atom stereocenters. The van der Waals surface area contributed by atoms with Gasteiger partial charge < -0.3 is 9.26 Å². The van der Waals surface area contributed by atoms with Crippen LogP contribution in [0.3, 0.4) is 0 Å². The molecule has 2 aromatic heterocycles. The Balaban J connectivity index is 1.63. The van der Waals surface area contributed by atoms with Crippen LogP contribution in [0.15, 0.2) is 52.2 Å².